The van der Waals surface area contributed by atoms with Gasteiger partial charge in [-0.05, 0) is 12.8 Å². The van der Waals surface area contributed by atoms with Gasteiger partial charge in [-0.15, -0.1) is 0 Å². The minimum atomic E-state index is -0.577. The number of hydrogen-bond acceptors (Lipinski definition) is 7. The molecule has 0 aliphatic heterocycles. The van der Waals surface area contributed by atoms with E-state index in [1.807, 2.05) is 20.8 Å². The zero-order chi connectivity index (χ0) is 15.3. The van der Waals surface area contributed by atoms with Crippen LogP contribution in [0.1, 0.15) is 20.8 Å². The highest BCUT2D eigenvalue weighted by Gasteiger charge is 2.18. The van der Waals surface area contributed by atoms with Crippen molar-refractivity contribution in [1.82, 2.24) is 14.9 Å². The molecular formula is C12H21N5O3. The standard InChI is InChI=1S/C12H21N5O3/c1-5-17(4)12(18)20-10-8(13)9(15-11(14)16-10)19-6-7(2)3/h7H,5-6,13H2,1-4H3,(H2,14,15,16). The molecule has 1 aromatic heterocycles. The van der Waals surface area contributed by atoms with E-state index in [-0.39, 0.29) is 23.4 Å². The van der Waals surface area contributed by atoms with Gasteiger partial charge in [0, 0.05) is 13.6 Å². The molecule has 0 fully saturated rings. The van der Waals surface area contributed by atoms with Gasteiger partial charge < -0.3 is 25.8 Å². The SMILES string of the molecule is CCN(C)C(=O)Oc1nc(N)nc(OCC(C)C)c1N. The Balaban J connectivity index is 2.94. The molecule has 0 spiro atoms. The molecule has 112 valence electrons. The molecule has 0 aromatic carbocycles. The van der Waals surface area contributed by atoms with Gasteiger partial charge in [-0.2, -0.15) is 9.97 Å². The molecule has 0 aliphatic rings. The zero-order valence-corrected chi connectivity index (χ0v) is 12.2. The van der Waals surface area contributed by atoms with Gasteiger partial charge in [0.05, 0.1) is 6.61 Å². The molecule has 0 bridgehead atoms. The van der Waals surface area contributed by atoms with Crippen LogP contribution in [0, 0.1) is 5.92 Å². The molecule has 1 amide bonds. The van der Waals surface area contributed by atoms with Crippen molar-refractivity contribution in [2.45, 2.75) is 20.8 Å². The maximum atomic E-state index is 11.7. The minimum absolute atomic E-state index is 0.0534. The van der Waals surface area contributed by atoms with Crippen molar-refractivity contribution in [3.8, 4) is 11.8 Å². The van der Waals surface area contributed by atoms with E-state index in [2.05, 4.69) is 9.97 Å². The lowest BCUT2D eigenvalue weighted by Crippen LogP contribution is -2.30. The first kappa shape index (κ1) is 15.8. The molecule has 20 heavy (non-hydrogen) atoms. The Morgan fingerprint density at radius 2 is 1.90 bits per heavy atom. The number of nitrogens with two attached hydrogens (primary N) is 2. The average Bonchev–Trinajstić information content (AvgIpc) is 2.39. The van der Waals surface area contributed by atoms with Crippen molar-refractivity contribution in [2.24, 2.45) is 5.92 Å². The zero-order valence-electron chi connectivity index (χ0n) is 12.2. The van der Waals surface area contributed by atoms with Crippen molar-refractivity contribution in [2.75, 3.05) is 31.7 Å². The number of anilines is 2. The molecular weight excluding hydrogens is 262 g/mol. The lowest BCUT2D eigenvalue weighted by molar-refractivity contribution is 0.163. The largest absolute Gasteiger partial charge is 0.476 e. The Bertz CT molecular complexity index is 478. The molecule has 0 radical (unpaired) electrons. The highest BCUT2D eigenvalue weighted by Crippen LogP contribution is 2.29. The summed E-state index contributed by atoms with van der Waals surface area (Å²) in [5.74, 6) is 0.248. The molecule has 8 heteroatoms. The number of hydrogen-bond donors (Lipinski definition) is 2. The van der Waals surface area contributed by atoms with Crippen molar-refractivity contribution in [1.29, 1.82) is 0 Å². The number of nitrogens with zero attached hydrogens (tertiary/aromatic N) is 3. The van der Waals surface area contributed by atoms with Crippen LogP contribution in [0.25, 0.3) is 0 Å². The third-order valence-corrected chi connectivity index (χ3v) is 2.42. The first-order chi connectivity index (χ1) is 9.35. The second kappa shape index (κ2) is 6.78. The van der Waals surface area contributed by atoms with E-state index < -0.39 is 6.09 Å². The molecule has 1 aromatic rings. The van der Waals surface area contributed by atoms with E-state index in [1.54, 1.807) is 7.05 Å². The summed E-state index contributed by atoms with van der Waals surface area (Å²) >= 11 is 0. The summed E-state index contributed by atoms with van der Waals surface area (Å²) in [7, 11) is 1.60. The van der Waals surface area contributed by atoms with E-state index in [1.165, 1.54) is 4.90 Å². The van der Waals surface area contributed by atoms with Gasteiger partial charge in [0.2, 0.25) is 11.8 Å². The lowest BCUT2D eigenvalue weighted by Gasteiger charge is -2.16. The average molecular weight is 283 g/mol. The molecule has 1 heterocycles. The summed E-state index contributed by atoms with van der Waals surface area (Å²) in [6.07, 6.45) is -0.577. The Hall–Kier alpha value is -2.25. The Morgan fingerprint density at radius 1 is 1.30 bits per heavy atom. The second-order valence-corrected chi connectivity index (χ2v) is 4.69. The van der Waals surface area contributed by atoms with Gasteiger partial charge in [-0.3, -0.25) is 0 Å². The fourth-order valence-electron chi connectivity index (χ4n) is 1.17. The van der Waals surface area contributed by atoms with E-state index in [0.717, 1.165) is 0 Å². The molecule has 1 rings (SSSR count). The van der Waals surface area contributed by atoms with Gasteiger partial charge in [0.1, 0.15) is 0 Å². The van der Waals surface area contributed by atoms with Crippen molar-refractivity contribution >= 4 is 17.7 Å². The maximum absolute atomic E-state index is 11.7. The van der Waals surface area contributed by atoms with Crippen LogP contribution in [0.4, 0.5) is 16.4 Å². The fraction of sp³-hybridized carbons (Fsp3) is 0.583. The Labute approximate surface area is 118 Å². The summed E-state index contributed by atoms with van der Waals surface area (Å²) in [5.41, 5.74) is 11.4. The van der Waals surface area contributed by atoms with Crippen LogP contribution in [0.15, 0.2) is 0 Å². The number of ether oxygens (including phenoxy) is 2. The van der Waals surface area contributed by atoms with E-state index in [9.17, 15) is 4.79 Å². The van der Waals surface area contributed by atoms with Crippen molar-refractivity contribution in [3.05, 3.63) is 0 Å². The quantitative estimate of drug-likeness (QED) is 0.831. The molecule has 4 N–H and O–H groups in total. The van der Waals surface area contributed by atoms with Gasteiger partial charge in [0.15, 0.2) is 5.69 Å². The van der Waals surface area contributed by atoms with Crippen LogP contribution in [0.3, 0.4) is 0 Å². The summed E-state index contributed by atoms with van der Waals surface area (Å²) < 4.78 is 10.5. The molecule has 0 aliphatic carbocycles. The van der Waals surface area contributed by atoms with Gasteiger partial charge in [-0.25, -0.2) is 4.79 Å². The van der Waals surface area contributed by atoms with Gasteiger partial charge in [0.25, 0.3) is 5.88 Å². The minimum Gasteiger partial charge on any atom is -0.476 e. The van der Waals surface area contributed by atoms with E-state index >= 15 is 0 Å². The van der Waals surface area contributed by atoms with Crippen molar-refractivity contribution in [3.63, 3.8) is 0 Å². The maximum Gasteiger partial charge on any atom is 0.416 e. The Kier molecular flexibility index (Phi) is 5.36. The van der Waals surface area contributed by atoms with E-state index in [4.69, 9.17) is 20.9 Å². The number of aromatic nitrogens is 2. The molecule has 0 saturated carbocycles. The van der Waals surface area contributed by atoms with Crippen LogP contribution in [0.5, 0.6) is 11.8 Å². The first-order valence-corrected chi connectivity index (χ1v) is 6.33. The summed E-state index contributed by atoms with van der Waals surface area (Å²) in [6, 6.07) is 0. The highest BCUT2D eigenvalue weighted by atomic mass is 16.6. The molecule has 0 unspecified atom stereocenters. The van der Waals surface area contributed by atoms with Crippen molar-refractivity contribution < 1.29 is 14.3 Å². The monoisotopic (exact) mass is 283 g/mol. The topological polar surface area (TPSA) is 117 Å². The van der Waals surface area contributed by atoms with Crippen LogP contribution in [0.2, 0.25) is 0 Å². The number of amides is 1. The van der Waals surface area contributed by atoms with Gasteiger partial charge in [-0.1, -0.05) is 13.8 Å². The third kappa shape index (κ3) is 4.15. The summed E-state index contributed by atoms with van der Waals surface area (Å²) in [5, 5.41) is 0. The number of nitrogen functional groups attached to an aromatic ring is 2. The summed E-state index contributed by atoms with van der Waals surface area (Å²) in [6.45, 7) is 6.70. The Morgan fingerprint density at radius 3 is 2.45 bits per heavy atom. The van der Waals surface area contributed by atoms with Gasteiger partial charge >= 0.3 is 6.09 Å². The molecule has 8 nitrogen and oxygen atoms in total. The van der Waals surface area contributed by atoms with Crippen LogP contribution >= 0.6 is 0 Å². The van der Waals surface area contributed by atoms with Crippen LogP contribution < -0.4 is 20.9 Å². The molecule has 0 atom stereocenters. The third-order valence-electron chi connectivity index (χ3n) is 2.42. The highest BCUT2D eigenvalue weighted by molar-refractivity contribution is 5.73. The number of rotatable bonds is 5. The normalized spacial score (nSPS) is 10.4. The van der Waals surface area contributed by atoms with Crippen LogP contribution in [-0.4, -0.2) is 41.2 Å². The van der Waals surface area contributed by atoms with Crippen LogP contribution in [-0.2, 0) is 0 Å². The second-order valence-electron chi connectivity index (χ2n) is 4.69. The number of carbonyl (C=O) groups excluding carboxylic acids is 1. The van der Waals surface area contributed by atoms with E-state index in [0.29, 0.717) is 19.1 Å². The summed E-state index contributed by atoms with van der Waals surface area (Å²) in [4.78, 5) is 20.8. The first-order valence-electron chi connectivity index (χ1n) is 6.33. The number of carbonyl (C=O) groups is 1. The molecule has 0 saturated heterocycles. The lowest BCUT2D eigenvalue weighted by atomic mass is 10.2. The predicted molar refractivity (Wildman–Crippen MR) is 75.5 cm³/mol. The fourth-order valence-corrected chi connectivity index (χ4v) is 1.17. The smallest absolute Gasteiger partial charge is 0.416 e. The predicted octanol–water partition coefficient (Wildman–Crippen LogP) is 1.13.